The zero-order valence-corrected chi connectivity index (χ0v) is 18.7. The van der Waals surface area contributed by atoms with Crippen molar-refractivity contribution >= 4 is 40.5 Å². The first-order valence-corrected chi connectivity index (χ1v) is 11.3. The fraction of sp³-hybridized carbons (Fsp3) is 0.318. The summed E-state index contributed by atoms with van der Waals surface area (Å²) in [5.41, 5.74) is 0.588. The van der Waals surface area contributed by atoms with Crippen LogP contribution in [0.25, 0.3) is 0 Å². The molecule has 0 aromatic heterocycles. The van der Waals surface area contributed by atoms with Crippen molar-refractivity contribution in [3.63, 3.8) is 0 Å². The summed E-state index contributed by atoms with van der Waals surface area (Å²) in [6, 6.07) is 17.7. The van der Waals surface area contributed by atoms with Gasteiger partial charge in [-0.05, 0) is 18.6 Å². The van der Waals surface area contributed by atoms with E-state index >= 15 is 0 Å². The van der Waals surface area contributed by atoms with Crippen molar-refractivity contribution in [2.24, 2.45) is 5.92 Å². The third kappa shape index (κ3) is 6.42. The summed E-state index contributed by atoms with van der Waals surface area (Å²) in [6.07, 6.45) is 0.358. The fourth-order valence-corrected chi connectivity index (χ4v) is 5.31. The first-order valence-electron chi connectivity index (χ1n) is 9.41. The van der Waals surface area contributed by atoms with E-state index < -0.39 is 17.9 Å². The molecule has 152 valence electrons. The molecule has 1 saturated heterocycles. The minimum atomic E-state index is -1.23. The van der Waals surface area contributed by atoms with Crippen LogP contribution in [0.2, 0.25) is 0 Å². The molecule has 1 aliphatic heterocycles. The predicted octanol–water partition coefficient (Wildman–Crippen LogP) is -0.288. The van der Waals surface area contributed by atoms with E-state index in [1.165, 1.54) is 4.90 Å². The van der Waals surface area contributed by atoms with Gasteiger partial charge in [-0.25, -0.2) is 0 Å². The largest absolute Gasteiger partial charge is 1.00 e. The number of hydrogen-bond acceptors (Lipinski definition) is 6. The Morgan fingerprint density at radius 2 is 1.67 bits per heavy atom. The zero-order chi connectivity index (χ0) is 20.8. The molecule has 0 spiro atoms. The zero-order valence-electron chi connectivity index (χ0n) is 17.0. The Kier molecular flexibility index (Phi) is 9.57. The summed E-state index contributed by atoms with van der Waals surface area (Å²) in [5, 5.41) is 11.5. The average Bonchev–Trinajstić information content (AvgIpc) is 3.16. The molecule has 0 N–H and O–H groups in total. The number of likely N-dealkylation sites (tertiary alicyclic amines) is 1. The summed E-state index contributed by atoms with van der Waals surface area (Å²) in [5.74, 6) is -1.63. The molecule has 0 bridgehead atoms. The second kappa shape index (κ2) is 11.7. The number of thioether (sulfide) groups is 2. The van der Waals surface area contributed by atoms with Crippen LogP contribution in [0.3, 0.4) is 0 Å². The molecule has 1 amide bonds. The Labute approximate surface area is 197 Å². The molecule has 0 aliphatic carbocycles. The number of hydrogen-bond donors (Lipinski definition) is 0. The van der Waals surface area contributed by atoms with E-state index in [2.05, 4.69) is 0 Å². The number of rotatable bonds is 7. The second-order valence-electron chi connectivity index (χ2n) is 6.98. The number of carbonyl (C=O) groups excluding carboxylic acids is 3. The van der Waals surface area contributed by atoms with Gasteiger partial charge in [0, 0.05) is 33.9 Å². The van der Waals surface area contributed by atoms with Gasteiger partial charge in [-0.15, -0.1) is 11.8 Å². The number of aliphatic carboxylic acids is 1. The van der Waals surface area contributed by atoms with E-state index in [0.29, 0.717) is 24.3 Å². The Balaban J connectivity index is 0.00000320. The van der Waals surface area contributed by atoms with Gasteiger partial charge in [-0.2, -0.15) is 0 Å². The summed E-state index contributed by atoms with van der Waals surface area (Å²) in [4.78, 5) is 39.2. The van der Waals surface area contributed by atoms with Crippen molar-refractivity contribution in [1.82, 2.24) is 4.90 Å². The van der Waals surface area contributed by atoms with Gasteiger partial charge < -0.3 is 14.8 Å². The molecular formula is C22H22LiNO4S2. The number of carboxylic acid groups (broad SMARTS) is 1. The number of carboxylic acids is 1. The van der Waals surface area contributed by atoms with Gasteiger partial charge in [0.2, 0.25) is 11.0 Å². The molecule has 0 saturated carbocycles. The molecule has 2 aromatic carbocycles. The number of nitrogens with zero attached hydrogens (tertiary/aromatic N) is 1. The molecule has 5 nitrogen and oxygen atoms in total. The smallest absolute Gasteiger partial charge is 0.548 e. The Morgan fingerprint density at radius 1 is 1.07 bits per heavy atom. The van der Waals surface area contributed by atoms with Gasteiger partial charge in [0.15, 0.2) is 0 Å². The Morgan fingerprint density at radius 3 is 2.27 bits per heavy atom. The van der Waals surface area contributed by atoms with Crippen molar-refractivity contribution in [2.45, 2.75) is 29.5 Å². The second-order valence-corrected chi connectivity index (χ2v) is 9.35. The van der Waals surface area contributed by atoms with E-state index in [0.717, 1.165) is 16.7 Å². The molecule has 2 aromatic rings. The molecule has 1 heterocycles. The predicted molar refractivity (Wildman–Crippen MR) is 114 cm³/mol. The molecular weight excluding hydrogens is 413 g/mol. The minimum absolute atomic E-state index is 0. The van der Waals surface area contributed by atoms with E-state index in [1.54, 1.807) is 43.0 Å². The summed E-state index contributed by atoms with van der Waals surface area (Å²) in [7, 11) is 0. The van der Waals surface area contributed by atoms with Crippen LogP contribution < -0.4 is 24.0 Å². The Hall–Kier alpha value is -1.65. The number of benzene rings is 2. The van der Waals surface area contributed by atoms with E-state index in [9.17, 15) is 19.5 Å². The minimum Gasteiger partial charge on any atom is -0.548 e. The topological polar surface area (TPSA) is 77.5 Å². The maximum atomic E-state index is 12.9. The van der Waals surface area contributed by atoms with Gasteiger partial charge in [-0.1, -0.05) is 67.2 Å². The molecule has 30 heavy (non-hydrogen) atoms. The molecule has 1 fully saturated rings. The van der Waals surface area contributed by atoms with E-state index in [-0.39, 0.29) is 35.1 Å². The Bertz CT molecular complexity index is 866. The third-order valence-electron chi connectivity index (χ3n) is 4.76. The van der Waals surface area contributed by atoms with Gasteiger partial charge in [0.1, 0.15) is 0 Å². The van der Waals surface area contributed by atoms with Crippen LogP contribution in [0.1, 0.15) is 23.7 Å². The SMILES string of the molecule is C[C@H](CSC(=O)c1ccccc1)C(=O)N1C[C@@H](Sc2ccccc2)C[C@H]1C(=O)[O-].[Li+]. The fourth-order valence-electron chi connectivity index (χ4n) is 3.25. The number of carbonyl (C=O) groups is 3. The molecule has 0 unspecified atom stereocenters. The van der Waals surface area contributed by atoms with Gasteiger partial charge >= 0.3 is 18.9 Å². The molecule has 3 atom stereocenters. The van der Waals surface area contributed by atoms with Crippen molar-refractivity contribution in [1.29, 1.82) is 0 Å². The standard InChI is InChI=1S/C22H23NO4S2.Li/c1-15(14-28-22(27)16-8-4-2-5-9-16)20(24)23-13-18(12-19(23)21(25)26)29-17-10-6-3-7-11-17;/h2-11,15,18-19H,12-14H2,1H3,(H,25,26);/q;+1/p-1/t15-,18+,19+;/m1./s1. The molecule has 1 aliphatic rings. The van der Waals surface area contributed by atoms with Crippen molar-refractivity contribution in [2.75, 3.05) is 12.3 Å². The maximum Gasteiger partial charge on any atom is 1.00 e. The monoisotopic (exact) mass is 435 g/mol. The van der Waals surface area contributed by atoms with Crippen LogP contribution in [-0.4, -0.2) is 45.5 Å². The van der Waals surface area contributed by atoms with Crippen molar-refractivity contribution in [3.05, 3.63) is 66.2 Å². The average molecular weight is 435 g/mol. The first-order chi connectivity index (χ1) is 14.0. The van der Waals surface area contributed by atoms with Crippen molar-refractivity contribution in [3.8, 4) is 0 Å². The number of amides is 1. The normalized spacial score (nSPS) is 19.0. The van der Waals surface area contributed by atoms with Crippen molar-refractivity contribution < 1.29 is 38.4 Å². The summed E-state index contributed by atoms with van der Waals surface area (Å²) < 4.78 is 0. The maximum absolute atomic E-state index is 12.9. The molecule has 8 heteroatoms. The third-order valence-corrected chi connectivity index (χ3v) is 7.14. The van der Waals surface area contributed by atoms with Crippen LogP contribution in [0, 0.1) is 5.92 Å². The molecule has 3 rings (SSSR count). The van der Waals surface area contributed by atoms with E-state index in [1.807, 2.05) is 36.4 Å². The summed E-state index contributed by atoms with van der Waals surface area (Å²) in [6.45, 7) is 2.09. The van der Waals surface area contributed by atoms with Crippen LogP contribution in [0.5, 0.6) is 0 Å². The quantitative estimate of drug-likeness (QED) is 0.557. The van der Waals surface area contributed by atoms with Crippen LogP contribution in [-0.2, 0) is 9.59 Å². The van der Waals surface area contributed by atoms with Gasteiger partial charge in [0.25, 0.3) is 0 Å². The van der Waals surface area contributed by atoms with Gasteiger partial charge in [0.05, 0.1) is 12.0 Å². The first kappa shape index (κ1) is 24.6. The van der Waals surface area contributed by atoms with E-state index in [4.69, 9.17) is 0 Å². The van der Waals surface area contributed by atoms with Crippen LogP contribution >= 0.6 is 23.5 Å². The summed E-state index contributed by atoms with van der Waals surface area (Å²) >= 11 is 2.66. The van der Waals surface area contributed by atoms with Crippen LogP contribution in [0.15, 0.2) is 65.6 Å². The van der Waals surface area contributed by atoms with Gasteiger partial charge in [-0.3, -0.25) is 9.59 Å². The van der Waals surface area contributed by atoms with Crippen LogP contribution in [0.4, 0.5) is 0 Å². The molecule has 0 radical (unpaired) electrons.